The van der Waals surface area contributed by atoms with Crippen LogP contribution in [0.3, 0.4) is 0 Å². The normalized spacial score (nSPS) is 17.0. The van der Waals surface area contributed by atoms with E-state index in [1.165, 1.54) is 11.8 Å². The maximum atomic E-state index is 12.7. The Hall–Kier alpha value is -2.15. The van der Waals surface area contributed by atoms with Crippen LogP contribution in [0.2, 0.25) is 0 Å². The van der Waals surface area contributed by atoms with Crippen molar-refractivity contribution in [1.29, 1.82) is 0 Å². The number of nitrogens with zero attached hydrogens (tertiary/aromatic N) is 4. The molecule has 4 rings (SSSR count). The third-order valence-corrected chi connectivity index (χ3v) is 6.72. The van der Waals surface area contributed by atoms with Crippen LogP contribution in [0, 0.1) is 5.92 Å². The van der Waals surface area contributed by atoms with E-state index in [0.29, 0.717) is 18.2 Å². The predicted molar refractivity (Wildman–Crippen MR) is 110 cm³/mol. The van der Waals surface area contributed by atoms with Crippen LogP contribution in [0.25, 0.3) is 0 Å². The van der Waals surface area contributed by atoms with Gasteiger partial charge in [0.25, 0.3) is 0 Å². The van der Waals surface area contributed by atoms with Crippen molar-refractivity contribution in [3.8, 4) is 0 Å². The Balaban J connectivity index is 1.50. The summed E-state index contributed by atoms with van der Waals surface area (Å²) in [5, 5.41) is 0.744. The molecule has 1 fully saturated rings. The summed E-state index contributed by atoms with van der Waals surface area (Å²) in [5.74, 6) is 1.22. The molecule has 1 aliphatic heterocycles. The Morgan fingerprint density at radius 2 is 2.07 bits per heavy atom. The van der Waals surface area contributed by atoms with Gasteiger partial charge in [0.15, 0.2) is 0 Å². The highest BCUT2D eigenvalue weighted by atomic mass is 32.2. The number of carbonyl (C=O) groups excluding carboxylic acids is 1. The first-order chi connectivity index (χ1) is 13.6. The molecule has 0 N–H and O–H groups in total. The van der Waals surface area contributed by atoms with Crippen molar-refractivity contribution in [1.82, 2.24) is 19.4 Å². The van der Waals surface area contributed by atoms with E-state index in [9.17, 15) is 9.59 Å². The summed E-state index contributed by atoms with van der Waals surface area (Å²) in [6, 6.07) is 5.72. The van der Waals surface area contributed by atoms with E-state index in [1.54, 1.807) is 10.8 Å². The minimum Gasteiger partial charge on any atom is -0.342 e. The van der Waals surface area contributed by atoms with Crippen LogP contribution in [-0.2, 0) is 24.2 Å². The van der Waals surface area contributed by atoms with Gasteiger partial charge in [-0.1, -0.05) is 24.8 Å². The van der Waals surface area contributed by atoms with Crippen LogP contribution in [-0.4, -0.2) is 44.2 Å². The van der Waals surface area contributed by atoms with Crippen molar-refractivity contribution in [2.24, 2.45) is 5.92 Å². The fourth-order valence-electron chi connectivity index (χ4n) is 4.00. The minimum absolute atomic E-state index is 0.156. The molecule has 0 spiro atoms. The van der Waals surface area contributed by atoms with Gasteiger partial charge in [-0.05, 0) is 50.2 Å². The number of piperidine rings is 1. The summed E-state index contributed by atoms with van der Waals surface area (Å²) in [6.45, 7) is 4.38. The lowest BCUT2D eigenvalue weighted by Crippen LogP contribution is -2.39. The molecule has 0 atom stereocenters. The quantitative estimate of drug-likeness (QED) is 0.572. The second kappa shape index (κ2) is 8.47. The highest BCUT2D eigenvalue weighted by Gasteiger charge is 2.24. The molecule has 7 heteroatoms. The highest BCUT2D eigenvalue weighted by molar-refractivity contribution is 7.99. The number of pyridine rings is 1. The Morgan fingerprint density at radius 1 is 1.25 bits per heavy atom. The lowest BCUT2D eigenvalue weighted by atomic mass is 9.99. The first-order valence-electron chi connectivity index (χ1n) is 10.0. The maximum absolute atomic E-state index is 12.7. The van der Waals surface area contributed by atoms with Crippen LogP contribution in [0.4, 0.5) is 0 Å². The van der Waals surface area contributed by atoms with Crippen LogP contribution < -0.4 is 5.69 Å². The summed E-state index contributed by atoms with van der Waals surface area (Å²) in [4.78, 5) is 35.9. The molecule has 3 heterocycles. The average Bonchev–Trinajstić information content (AvgIpc) is 3.20. The summed E-state index contributed by atoms with van der Waals surface area (Å²) < 4.78 is 1.75. The summed E-state index contributed by atoms with van der Waals surface area (Å²) in [6.07, 6.45) is 6.72. The van der Waals surface area contributed by atoms with Gasteiger partial charge in [-0.25, -0.2) is 4.79 Å². The third kappa shape index (κ3) is 4.14. The van der Waals surface area contributed by atoms with E-state index < -0.39 is 0 Å². The van der Waals surface area contributed by atoms with Gasteiger partial charge < -0.3 is 4.90 Å². The van der Waals surface area contributed by atoms with Gasteiger partial charge in [0.2, 0.25) is 5.91 Å². The number of hydrogen-bond donors (Lipinski definition) is 0. The lowest BCUT2D eigenvalue weighted by molar-refractivity contribution is -0.129. The number of thioether (sulfide) groups is 1. The topological polar surface area (TPSA) is 68.1 Å². The van der Waals surface area contributed by atoms with Crippen molar-refractivity contribution in [2.45, 2.75) is 50.6 Å². The molecule has 1 aliphatic carbocycles. The van der Waals surface area contributed by atoms with Gasteiger partial charge in [0.1, 0.15) is 5.03 Å². The maximum Gasteiger partial charge on any atom is 0.349 e. The fourth-order valence-corrected chi connectivity index (χ4v) is 4.98. The van der Waals surface area contributed by atoms with E-state index in [-0.39, 0.29) is 11.6 Å². The van der Waals surface area contributed by atoms with Crippen molar-refractivity contribution >= 4 is 17.7 Å². The lowest BCUT2D eigenvalue weighted by Gasteiger charge is -2.30. The smallest absolute Gasteiger partial charge is 0.342 e. The number of amides is 1. The highest BCUT2D eigenvalue weighted by Crippen LogP contribution is 2.30. The molecule has 0 unspecified atom stereocenters. The van der Waals surface area contributed by atoms with E-state index in [1.807, 2.05) is 23.1 Å². The summed E-state index contributed by atoms with van der Waals surface area (Å²) >= 11 is 1.43. The number of likely N-dealkylation sites (tertiary alicyclic amines) is 1. The van der Waals surface area contributed by atoms with E-state index in [4.69, 9.17) is 0 Å². The van der Waals surface area contributed by atoms with E-state index in [2.05, 4.69) is 16.9 Å². The van der Waals surface area contributed by atoms with Gasteiger partial charge >= 0.3 is 5.69 Å². The molecule has 0 aromatic carbocycles. The Bertz CT molecular complexity index is 905. The molecule has 0 saturated carbocycles. The van der Waals surface area contributed by atoms with Crippen molar-refractivity contribution in [3.63, 3.8) is 0 Å². The van der Waals surface area contributed by atoms with Gasteiger partial charge in [-0.3, -0.25) is 14.3 Å². The third-order valence-electron chi connectivity index (χ3n) is 5.72. The average molecular weight is 399 g/mol. The van der Waals surface area contributed by atoms with Crippen LogP contribution in [0.5, 0.6) is 0 Å². The Labute approximate surface area is 169 Å². The molecule has 1 amide bonds. The standard InChI is InChI=1S/C21H26N4O2S/c1-15-8-11-24(12-9-15)19(26)14-28-20-17-6-4-7-18(17)25(21(27)23-20)13-16-5-2-3-10-22-16/h2-3,5,10,15H,4,6-9,11-14H2,1H3. The molecular weight excluding hydrogens is 372 g/mol. The zero-order valence-electron chi connectivity index (χ0n) is 16.3. The SMILES string of the molecule is CC1CCN(C(=O)CSc2nc(=O)n(Cc3ccccn3)c3c2CCC3)CC1. The van der Waals surface area contributed by atoms with Crippen LogP contribution in [0.15, 0.2) is 34.2 Å². The van der Waals surface area contributed by atoms with Crippen LogP contribution in [0.1, 0.15) is 43.1 Å². The van der Waals surface area contributed by atoms with Crippen molar-refractivity contribution in [2.75, 3.05) is 18.8 Å². The Morgan fingerprint density at radius 3 is 2.82 bits per heavy atom. The van der Waals surface area contributed by atoms with Crippen molar-refractivity contribution in [3.05, 3.63) is 51.8 Å². The molecule has 2 aromatic heterocycles. The van der Waals surface area contributed by atoms with Gasteiger partial charge in [-0.15, -0.1) is 0 Å². The molecule has 2 aromatic rings. The second-order valence-corrected chi connectivity index (χ2v) is 8.70. The summed E-state index contributed by atoms with van der Waals surface area (Å²) in [7, 11) is 0. The monoisotopic (exact) mass is 398 g/mol. The number of aromatic nitrogens is 3. The molecule has 148 valence electrons. The largest absolute Gasteiger partial charge is 0.349 e. The number of rotatable bonds is 5. The van der Waals surface area contributed by atoms with E-state index in [0.717, 1.165) is 67.2 Å². The van der Waals surface area contributed by atoms with E-state index >= 15 is 0 Å². The molecule has 1 saturated heterocycles. The molecule has 28 heavy (non-hydrogen) atoms. The molecule has 2 aliphatic rings. The first kappa shape index (κ1) is 19.2. The zero-order valence-corrected chi connectivity index (χ0v) is 17.1. The van der Waals surface area contributed by atoms with Gasteiger partial charge in [0, 0.05) is 30.5 Å². The fraction of sp³-hybridized carbons (Fsp3) is 0.524. The van der Waals surface area contributed by atoms with Crippen molar-refractivity contribution < 1.29 is 4.79 Å². The predicted octanol–water partition coefficient (Wildman–Crippen LogP) is 2.53. The van der Waals surface area contributed by atoms with Crippen LogP contribution >= 0.6 is 11.8 Å². The minimum atomic E-state index is -0.243. The molecular formula is C21H26N4O2S. The second-order valence-electron chi connectivity index (χ2n) is 7.74. The Kier molecular flexibility index (Phi) is 5.80. The first-order valence-corrected chi connectivity index (χ1v) is 11.0. The molecule has 0 radical (unpaired) electrons. The van der Waals surface area contributed by atoms with Gasteiger partial charge in [0.05, 0.1) is 18.0 Å². The molecule has 6 nitrogen and oxygen atoms in total. The summed E-state index contributed by atoms with van der Waals surface area (Å²) in [5.41, 5.74) is 2.82. The van der Waals surface area contributed by atoms with Gasteiger partial charge in [-0.2, -0.15) is 4.98 Å². The number of fused-ring (bicyclic) bond motifs is 1. The number of carbonyl (C=O) groups is 1. The zero-order chi connectivity index (χ0) is 19.5. The molecule has 0 bridgehead atoms. The number of hydrogen-bond acceptors (Lipinski definition) is 5.